The third-order valence-electron chi connectivity index (χ3n) is 3.45. The summed E-state index contributed by atoms with van der Waals surface area (Å²) in [6.45, 7) is 0.890. The first-order valence-corrected chi connectivity index (χ1v) is 5.93. The van der Waals surface area contributed by atoms with Crippen molar-refractivity contribution in [3.05, 3.63) is 35.6 Å². The molecule has 0 bridgehead atoms. The molecule has 3 nitrogen and oxygen atoms in total. The van der Waals surface area contributed by atoms with Crippen molar-refractivity contribution >= 4 is 5.91 Å². The molecule has 1 aliphatic carbocycles. The molecule has 4 heteroatoms. The average molecular weight is 236 g/mol. The lowest BCUT2D eigenvalue weighted by Gasteiger charge is -2.40. The minimum absolute atomic E-state index is 0.0280. The second-order valence-corrected chi connectivity index (χ2v) is 4.49. The Hall–Kier alpha value is -1.42. The lowest BCUT2D eigenvalue weighted by atomic mass is 9.64. The standard InChI is InChI=1S/C13H17FN2O/c14-11-4-1-3-10(9-11)13(5-2-6-13)12(17)16-8-7-15/h1,3-4,9H,2,5-8,15H2,(H,16,17). The molecule has 0 atom stereocenters. The number of benzene rings is 1. The lowest BCUT2D eigenvalue weighted by molar-refractivity contribution is -0.129. The normalized spacial score (nSPS) is 17.3. The minimum Gasteiger partial charge on any atom is -0.354 e. The molecule has 0 radical (unpaired) electrons. The Kier molecular flexibility index (Phi) is 3.43. The van der Waals surface area contributed by atoms with E-state index in [1.807, 2.05) is 6.07 Å². The van der Waals surface area contributed by atoms with Gasteiger partial charge in [-0.05, 0) is 30.5 Å². The number of hydrogen-bond donors (Lipinski definition) is 2. The van der Waals surface area contributed by atoms with Crippen LogP contribution < -0.4 is 11.1 Å². The van der Waals surface area contributed by atoms with E-state index in [1.165, 1.54) is 12.1 Å². The summed E-state index contributed by atoms with van der Waals surface area (Å²) in [7, 11) is 0. The molecule has 1 saturated carbocycles. The van der Waals surface area contributed by atoms with E-state index in [0.29, 0.717) is 13.1 Å². The first-order chi connectivity index (χ1) is 8.19. The molecule has 1 aromatic carbocycles. The molecule has 1 amide bonds. The highest BCUT2D eigenvalue weighted by atomic mass is 19.1. The summed E-state index contributed by atoms with van der Waals surface area (Å²) >= 11 is 0. The largest absolute Gasteiger partial charge is 0.354 e. The second-order valence-electron chi connectivity index (χ2n) is 4.49. The van der Waals surface area contributed by atoms with Gasteiger partial charge in [-0.15, -0.1) is 0 Å². The van der Waals surface area contributed by atoms with Gasteiger partial charge in [-0.25, -0.2) is 4.39 Å². The molecule has 3 N–H and O–H groups in total. The number of nitrogens with two attached hydrogens (primary N) is 1. The molecule has 1 fully saturated rings. The van der Waals surface area contributed by atoms with Crippen molar-refractivity contribution in [2.45, 2.75) is 24.7 Å². The molecule has 0 spiro atoms. The number of carbonyl (C=O) groups excluding carboxylic acids is 1. The molecule has 92 valence electrons. The van der Waals surface area contributed by atoms with Gasteiger partial charge in [0.25, 0.3) is 0 Å². The van der Waals surface area contributed by atoms with Crippen LogP contribution in [0.5, 0.6) is 0 Å². The Morgan fingerprint density at radius 3 is 2.76 bits per heavy atom. The van der Waals surface area contributed by atoms with Crippen molar-refractivity contribution in [3.63, 3.8) is 0 Å². The summed E-state index contributed by atoms with van der Waals surface area (Å²) < 4.78 is 13.2. The molecule has 0 saturated heterocycles. The number of rotatable bonds is 4. The van der Waals surface area contributed by atoms with Gasteiger partial charge >= 0.3 is 0 Å². The van der Waals surface area contributed by atoms with Crippen LogP contribution in [0.4, 0.5) is 4.39 Å². The van der Waals surface area contributed by atoms with Gasteiger partial charge in [-0.1, -0.05) is 18.6 Å². The van der Waals surface area contributed by atoms with Crippen molar-refractivity contribution in [1.82, 2.24) is 5.32 Å². The van der Waals surface area contributed by atoms with Crippen molar-refractivity contribution in [1.29, 1.82) is 0 Å². The molecular weight excluding hydrogens is 219 g/mol. The second kappa shape index (κ2) is 4.84. The Balaban J connectivity index is 2.22. The number of hydrogen-bond acceptors (Lipinski definition) is 2. The third kappa shape index (κ3) is 2.17. The van der Waals surface area contributed by atoms with Crippen molar-refractivity contribution < 1.29 is 9.18 Å². The SMILES string of the molecule is NCCNC(=O)C1(c2cccc(F)c2)CCC1. The number of nitrogens with one attached hydrogen (secondary N) is 1. The molecule has 0 unspecified atom stereocenters. The van der Waals surface area contributed by atoms with E-state index in [1.54, 1.807) is 6.07 Å². The van der Waals surface area contributed by atoms with Gasteiger partial charge in [0.05, 0.1) is 5.41 Å². The molecule has 0 aliphatic heterocycles. The zero-order valence-electron chi connectivity index (χ0n) is 9.71. The molecule has 0 heterocycles. The number of amides is 1. The van der Waals surface area contributed by atoms with Crippen LogP contribution in [0, 0.1) is 5.82 Å². The van der Waals surface area contributed by atoms with E-state index in [9.17, 15) is 9.18 Å². The quantitative estimate of drug-likeness (QED) is 0.828. The molecule has 1 aromatic rings. The van der Waals surface area contributed by atoms with Crippen molar-refractivity contribution in [2.24, 2.45) is 5.73 Å². The van der Waals surface area contributed by atoms with Crippen LogP contribution >= 0.6 is 0 Å². The smallest absolute Gasteiger partial charge is 0.230 e. The maximum atomic E-state index is 13.2. The van der Waals surface area contributed by atoms with Crippen LogP contribution in [0.3, 0.4) is 0 Å². The third-order valence-corrected chi connectivity index (χ3v) is 3.45. The van der Waals surface area contributed by atoms with Crippen molar-refractivity contribution in [2.75, 3.05) is 13.1 Å². The minimum atomic E-state index is -0.530. The van der Waals surface area contributed by atoms with Gasteiger partial charge in [0.15, 0.2) is 0 Å². The van der Waals surface area contributed by atoms with E-state index in [-0.39, 0.29) is 11.7 Å². The predicted octanol–water partition coefficient (Wildman–Crippen LogP) is 1.32. The topological polar surface area (TPSA) is 55.1 Å². The fourth-order valence-corrected chi connectivity index (χ4v) is 2.32. The number of halogens is 1. The Labute approximate surface area is 100 Å². The Morgan fingerprint density at radius 2 is 2.24 bits per heavy atom. The van der Waals surface area contributed by atoms with E-state index >= 15 is 0 Å². The highest BCUT2D eigenvalue weighted by molar-refractivity contribution is 5.89. The fraction of sp³-hybridized carbons (Fsp3) is 0.462. The Bertz CT molecular complexity index is 416. The van der Waals surface area contributed by atoms with Crippen LogP contribution in [0.2, 0.25) is 0 Å². The van der Waals surface area contributed by atoms with Gasteiger partial charge in [0.1, 0.15) is 5.82 Å². The van der Waals surface area contributed by atoms with Gasteiger partial charge in [-0.2, -0.15) is 0 Å². The summed E-state index contributed by atoms with van der Waals surface area (Å²) in [5, 5.41) is 2.81. The molecule has 17 heavy (non-hydrogen) atoms. The van der Waals surface area contributed by atoms with Gasteiger partial charge in [-0.3, -0.25) is 4.79 Å². The molecule has 1 aliphatic rings. The lowest BCUT2D eigenvalue weighted by Crippen LogP contribution is -2.50. The first-order valence-electron chi connectivity index (χ1n) is 5.93. The highest BCUT2D eigenvalue weighted by Crippen LogP contribution is 2.44. The van der Waals surface area contributed by atoms with Gasteiger partial charge in [0, 0.05) is 13.1 Å². The first kappa shape index (κ1) is 12.0. The summed E-state index contributed by atoms with van der Waals surface area (Å²) in [4.78, 5) is 12.1. The summed E-state index contributed by atoms with van der Waals surface area (Å²) in [5.41, 5.74) is 5.61. The van der Waals surface area contributed by atoms with Crippen LogP contribution in [-0.4, -0.2) is 19.0 Å². The maximum Gasteiger partial charge on any atom is 0.230 e. The number of carbonyl (C=O) groups is 1. The predicted molar refractivity (Wildman–Crippen MR) is 64.0 cm³/mol. The zero-order valence-corrected chi connectivity index (χ0v) is 9.71. The van der Waals surface area contributed by atoms with E-state index in [2.05, 4.69) is 5.32 Å². The maximum absolute atomic E-state index is 13.2. The summed E-state index contributed by atoms with van der Waals surface area (Å²) in [5.74, 6) is -0.319. The van der Waals surface area contributed by atoms with Gasteiger partial charge < -0.3 is 11.1 Å². The molecular formula is C13H17FN2O. The van der Waals surface area contributed by atoms with E-state index < -0.39 is 5.41 Å². The van der Waals surface area contributed by atoms with Crippen LogP contribution in [0.25, 0.3) is 0 Å². The van der Waals surface area contributed by atoms with E-state index in [0.717, 1.165) is 24.8 Å². The van der Waals surface area contributed by atoms with Gasteiger partial charge in [0.2, 0.25) is 5.91 Å². The van der Waals surface area contributed by atoms with E-state index in [4.69, 9.17) is 5.73 Å². The summed E-state index contributed by atoms with van der Waals surface area (Å²) in [6.07, 6.45) is 2.58. The molecule has 2 rings (SSSR count). The fourth-order valence-electron chi connectivity index (χ4n) is 2.32. The average Bonchev–Trinajstić information content (AvgIpc) is 2.25. The zero-order chi connectivity index (χ0) is 12.3. The summed E-state index contributed by atoms with van der Waals surface area (Å²) in [6, 6.07) is 6.33. The van der Waals surface area contributed by atoms with Crippen LogP contribution in [0.15, 0.2) is 24.3 Å². The highest BCUT2D eigenvalue weighted by Gasteiger charge is 2.45. The molecule has 0 aromatic heterocycles. The van der Waals surface area contributed by atoms with Crippen molar-refractivity contribution in [3.8, 4) is 0 Å². The van der Waals surface area contributed by atoms with Crippen LogP contribution in [-0.2, 0) is 10.2 Å². The monoisotopic (exact) mass is 236 g/mol. The van der Waals surface area contributed by atoms with Crippen LogP contribution in [0.1, 0.15) is 24.8 Å². The Morgan fingerprint density at radius 1 is 1.47 bits per heavy atom.